The van der Waals surface area contributed by atoms with Crippen LogP contribution in [0.15, 0.2) is 6.33 Å². The van der Waals surface area contributed by atoms with E-state index in [1.807, 2.05) is 4.57 Å². The number of hydrogen-bond donors (Lipinski definition) is 1. The molecule has 1 aliphatic carbocycles. The molecular formula is C12H19N3O3. The first-order valence-corrected chi connectivity index (χ1v) is 6.23. The molecule has 3 atom stereocenters. The van der Waals surface area contributed by atoms with Crippen LogP contribution in [-0.2, 0) is 16.1 Å². The molecule has 6 nitrogen and oxygen atoms in total. The van der Waals surface area contributed by atoms with Crippen molar-refractivity contribution in [1.29, 1.82) is 0 Å². The smallest absolute Gasteiger partial charge is 0.307 e. The number of carboxylic acids is 1. The van der Waals surface area contributed by atoms with Gasteiger partial charge in [-0.25, -0.2) is 0 Å². The van der Waals surface area contributed by atoms with Gasteiger partial charge in [-0.2, -0.15) is 0 Å². The standard InChI is InChI=1S/C12H19N3O3/c1-8-5-9(10(6-8)12(16)17)11-14-13-7-15(11)3-4-18-2/h7-10H,3-6H2,1-2H3,(H,16,17). The molecule has 1 aromatic heterocycles. The first-order chi connectivity index (χ1) is 8.63. The first kappa shape index (κ1) is 13.0. The Morgan fingerprint density at radius 2 is 2.39 bits per heavy atom. The van der Waals surface area contributed by atoms with E-state index in [-0.39, 0.29) is 11.8 Å². The lowest BCUT2D eigenvalue weighted by atomic mass is 9.95. The molecule has 18 heavy (non-hydrogen) atoms. The molecular weight excluding hydrogens is 234 g/mol. The van der Waals surface area contributed by atoms with Gasteiger partial charge in [-0.05, 0) is 18.8 Å². The number of aromatic nitrogens is 3. The molecule has 1 N–H and O–H groups in total. The molecule has 0 aromatic carbocycles. The Labute approximate surface area is 106 Å². The van der Waals surface area contributed by atoms with E-state index in [4.69, 9.17) is 4.74 Å². The highest BCUT2D eigenvalue weighted by atomic mass is 16.5. The van der Waals surface area contributed by atoms with Crippen LogP contribution in [0.1, 0.15) is 31.5 Å². The van der Waals surface area contributed by atoms with Gasteiger partial charge in [-0.3, -0.25) is 4.79 Å². The molecule has 2 rings (SSSR count). The molecule has 0 radical (unpaired) electrons. The minimum absolute atomic E-state index is 0.0307. The van der Waals surface area contributed by atoms with Crippen LogP contribution in [0.2, 0.25) is 0 Å². The maximum atomic E-state index is 11.3. The van der Waals surface area contributed by atoms with Crippen molar-refractivity contribution in [2.24, 2.45) is 11.8 Å². The Bertz CT molecular complexity index is 418. The van der Waals surface area contributed by atoms with Crippen LogP contribution in [0.4, 0.5) is 0 Å². The molecule has 100 valence electrons. The van der Waals surface area contributed by atoms with Crippen LogP contribution in [0.3, 0.4) is 0 Å². The molecule has 1 heterocycles. The summed E-state index contributed by atoms with van der Waals surface area (Å²) in [6, 6.07) is 0. The molecule has 0 amide bonds. The second-order valence-electron chi connectivity index (χ2n) is 5.00. The van der Waals surface area contributed by atoms with E-state index >= 15 is 0 Å². The Morgan fingerprint density at radius 1 is 1.61 bits per heavy atom. The average Bonchev–Trinajstić information content (AvgIpc) is 2.91. The number of carboxylic acid groups (broad SMARTS) is 1. The van der Waals surface area contributed by atoms with E-state index in [9.17, 15) is 9.90 Å². The predicted molar refractivity (Wildman–Crippen MR) is 64.2 cm³/mol. The zero-order chi connectivity index (χ0) is 13.1. The molecule has 1 saturated carbocycles. The van der Waals surface area contributed by atoms with Crippen LogP contribution in [-0.4, -0.2) is 39.6 Å². The van der Waals surface area contributed by atoms with Gasteiger partial charge in [0.05, 0.1) is 12.5 Å². The number of nitrogens with zero attached hydrogens (tertiary/aromatic N) is 3. The maximum absolute atomic E-state index is 11.3. The Morgan fingerprint density at radius 3 is 3.06 bits per heavy atom. The van der Waals surface area contributed by atoms with Gasteiger partial charge in [-0.1, -0.05) is 6.92 Å². The summed E-state index contributed by atoms with van der Waals surface area (Å²) in [5.41, 5.74) is 0. The second-order valence-corrected chi connectivity index (χ2v) is 5.00. The number of hydrogen-bond acceptors (Lipinski definition) is 4. The lowest BCUT2D eigenvalue weighted by molar-refractivity contribution is -0.142. The van der Waals surface area contributed by atoms with Crippen LogP contribution in [0.5, 0.6) is 0 Å². The van der Waals surface area contributed by atoms with E-state index in [0.717, 1.165) is 18.7 Å². The van der Waals surface area contributed by atoms with Gasteiger partial charge in [0, 0.05) is 19.6 Å². The fourth-order valence-electron chi connectivity index (χ4n) is 2.76. The minimum Gasteiger partial charge on any atom is -0.481 e. The SMILES string of the molecule is COCCn1cnnc1C1CC(C)CC1C(=O)O. The van der Waals surface area contributed by atoms with E-state index in [2.05, 4.69) is 17.1 Å². The van der Waals surface area contributed by atoms with Crippen molar-refractivity contribution < 1.29 is 14.6 Å². The maximum Gasteiger partial charge on any atom is 0.307 e. The van der Waals surface area contributed by atoms with Crippen molar-refractivity contribution in [3.05, 3.63) is 12.2 Å². The summed E-state index contributed by atoms with van der Waals surface area (Å²) >= 11 is 0. The molecule has 0 aliphatic heterocycles. The fraction of sp³-hybridized carbons (Fsp3) is 0.750. The highest BCUT2D eigenvalue weighted by Crippen LogP contribution is 2.42. The largest absolute Gasteiger partial charge is 0.481 e. The number of aliphatic carboxylic acids is 1. The highest BCUT2D eigenvalue weighted by molar-refractivity contribution is 5.71. The van der Waals surface area contributed by atoms with E-state index in [1.54, 1.807) is 13.4 Å². The zero-order valence-corrected chi connectivity index (χ0v) is 10.7. The summed E-state index contributed by atoms with van der Waals surface area (Å²) in [6.07, 6.45) is 3.23. The fourth-order valence-corrected chi connectivity index (χ4v) is 2.76. The van der Waals surface area contributed by atoms with Crippen LogP contribution < -0.4 is 0 Å². The van der Waals surface area contributed by atoms with Gasteiger partial charge < -0.3 is 14.4 Å². The third kappa shape index (κ3) is 2.53. The molecule has 0 bridgehead atoms. The summed E-state index contributed by atoms with van der Waals surface area (Å²) in [7, 11) is 1.64. The van der Waals surface area contributed by atoms with Gasteiger partial charge in [0.15, 0.2) is 0 Å². The van der Waals surface area contributed by atoms with Crippen molar-refractivity contribution in [2.75, 3.05) is 13.7 Å². The van der Waals surface area contributed by atoms with Gasteiger partial charge >= 0.3 is 5.97 Å². The third-order valence-electron chi connectivity index (χ3n) is 3.63. The lowest BCUT2D eigenvalue weighted by Gasteiger charge is -2.16. The highest BCUT2D eigenvalue weighted by Gasteiger charge is 2.40. The summed E-state index contributed by atoms with van der Waals surface area (Å²) in [5.74, 6) is 0.0977. The third-order valence-corrected chi connectivity index (χ3v) is 3.63. The summed E-state index contributed by atoms with van der Waals surface area (Å²) in [5, 5.41) is 17.3. The van der Waals surface area contributed by atoms with Gasteiger partial charge in [0.1, 0.15) is 12.2 Å². The quantitative estimate of drug-likeness (QED) is 0.851. The van der Waals surface area contributed by atoms with Crippen molar-refractivity contribution in [3.8, 4) is 0 Å². The molecule has 1 fully saturated rings. The molecule has 3 unspecified atom stereocenters. The average molecular weight is 253 g/mol. The lowest BCUT2D eigenvalue weighted by Crippen LogP contribution is -2.20. The normalized spacial score (nSPS) is 27.6. The number of carbonyl (C=O) groups is 1. The minimum atomic E-state index is -0.731. The molecule has 1 aromatic rings. The Hall–Kier alpha value is -1.43. The van der Waals surface area contributed by atoms with Crippen LogP contribution in [0.25, 0.3) is 0 Å². The Kier molecular flexibility index (Phi) is 3.96. The van der Waals surface area contributed by atoms with Crippen molar-refractivity contribution in [1.82, 2.24) is 14.8 Å². The van der Waals surface area contributed by atoms with E-state index in [0.29, 0.717) is 19.1 Å². The summed E-state index contributed by atoms with van der Waals surface area (Å²) in [6.45, 7) is 3.33. The van der Waals surface area contributed by atoms with Crippen molar-refractivity contribution in [3.63, 3.8) is 0 Å². The van der Waals surface area contributed by atoms with E-state index < -0.39 is 5.97 Å². The summed E-state index contributed by atoms with van der Waals surface area (Å²) in [4.78, 5) is 11.3. The number of methoxy groups -OCH3 is 1. The second kappa shape index (κ2) is 5.48. The number of ether oxygens (including phenoxy) is 1. The first-order valence-electron chi connectivity index (χ1n) is 6.23. The van der Waals surface area contributed by atoms with Gasteiger partial charge in [0.25, 0.3) is 0 Å². The van der Waals surface area contributed by atoms with Crippen LogP contribution in [0, 0.1) is 11.8 Å². The topological polar surface area (TPSA) is 77.2 Å². The molecule has 0 spiro atoms. The van der Waals surface area contributed by atoms with Crippen molar-refractivity contribution >= 4 is 5.97 Å². The van der Waals surface area contributed by atoms with Gasteiger partial charge in [0.2, 0.25) is 0 Å². The van der Waals surface area contributed by atoms with Crippen molar-refractivity contribution in [2.45, 2.75) is 32.2 Å². The molecule has 1 aliphatic rings. The molecule has 0 saturated heterocycles. The Balaban J connectivity index is 2.19. The monoisotopic (exact) mass is 253 g/mol. The number of rotatable bonds is 5. The van der Waals surface area contributed by atoms with Crippen LogP contribution >= 0.6 is 0 Å². The zero-order valence-electron chi connectivity index (χ0n) is 10.7. The van der Waals surface area contributed by atoms with E-state index in [1.165, 1.54) is 0 Å². The summed E-state index contributed by atoms with van der Waals surface area (Å²) < 4.78 is 6.94. The molecule has 6 heteroatoms. The predicted octanol–water partition coefficient (Wildman–Crippen LogP) is 1.14. The van der Waals surface area contributed by atoms with Gasteiger partial charge in [-0.15, -0.1) is 10.2 Å².